The van der Waals surface area contributed by atoms with Crippen LogP contribution in [0.2, 0.25) is 0 Å². The van der Waals surface area contributed by atoms with Crippen molar-refractivity contribution in [3.63, 3.8) is 0 Å². The van der Waals surface area contributed by atoms with Gasteiger partial charge in [0.25, 0.3) is 0 Å². The molecule has 4 N–H and O–H groups in total. The lowest BCUT2D eigenvalue weighted by atomic mass is 9.60. The molecular formula is C24H36O5. The fraction of sp³-hybridized carbons (Fsp3) is 0.708. The topological polar surface area (TPSA) is 98.0 Å². The highest BCUT2D eigenvalue weighted by Crippen LogP contribution is 2.59. The zero-order valence-electron chi connectivity index (χ0n) is 17.7. The predicted octanol–water partition coefficient (Wildman–Crippen LogP) is 3.60. The second-order valence-electron chi connectivity index (χ2n) is 9.73. The van der Waals surface area contributed by atoms with Gasteiger partial charge >= 0.3 is 5.97 Å². The van der Waals surface area contributed by atoms with Gasteiger partial charge in [0.05, 0.1) is 12.2 Å². The first-order valence-corrected chi connectivity index (χ1v) is 11.0. The molecule has 0 heterocycles. The van der Waals surface area contributed by atoms with Gasteiger partial charge in [0.1, 0.15) is 0 Å². The minimum Gasteiger partial charge on any atom is -0.479 e. The zero-order chi connectivity index (χ0) is 21.3. The molecule has 5 nitrogen and oxygen atoms in total. The standard InChI is InChI=1S/C24H36O5/c1-14(11-22(27)23(28)29)19-8-9-20-16(5-4-10-24(19,20)3)6-7-17-12-18(25)13-21(26)15(17)2/h6-7,14,18-22,25-27H,2,4-5,8-13H2,1,3H3,(H,28,29)/b16-6?,17-7-/t14-,18+,19-,20+,21-,22?,24-/m1/s1. The molecule has 0 aliphatic heterocycles. The minimum atomic E-state index is -1.29. The van der Waals surface area contributed by atoms with E-state index < -0.39 is 24.3 Å². The summed E-state index contributed by atoms with van der Waals surface area (Å²) in [5.41, 5.74) is 3.19. The van der Waals surface area contributed by atoms with Gasteiger partial charge in [-0.2, -0.15) is 0 Å². The van der Waals surface area contributed by atoms with Crippen molar-refractivity contribution < 1.29 is 25.2 Å². The normalized spacial score (nSPS) is 40.1. The van der Waals surface area contributed by atoms with E-state index in [0.29, 0.717) is 36.7 Å². The molecule has 5 heteroatoms. The third-order valence-electron chi connectivity index (χ3n) is 7.87. The molecule has 0 spiro atoms. The van der Waals surface area contributed by atoms with Gasteiger partial charge < -0.3 is 20.4 Å². The molecule has 0 aromatic carbocycles. The summed E-state index contributed by atoms with van der Waals surface area (Å²) in [5, 5.41) is 38.9. The number of carboxylic acids is 1. The van der Waals surface area contributed by atoms with E-state index in [4.69, 9.17) is 5.11 Å². The summed E-state index contributed by atoms with van der Waals surface area (Å²) in [6.07, 6.45) is 8.41. The molecule has 0 saturated heterocycles. The number of rotatable bonds is 5. The molecule has 0 aromatic heterocycles. The first kappa shape index (κ1) is 22.3. The van der Waals surface area contributed by atoms with Crippen molar-refractivity contribution in [2.24, 2.45) is 23.2 Å². The number of hydrogen-bond acceptors (Lipinski definition) is 4. The third kappa shape index (κ3) is 4.52. The summed E-state index contributed by atoms with van der Waals surface area (Å²) >= 11 is 0. The van der Waals surface area contributed by atoms with E-state index in [-0.39, 0.29) is 11.3 Å². The van der Waals surface area contributed by atoms with Crippen molar-refractivity contribution in [2.75, 3.05) is 0 Å². The monoisotopic (exact) mass is 404 g/mol. The van der Waals surface area contributed by atoms with Crippen molar-refractivity contribution in [2.45, 2.75) is 83.5 Å². The Morgan fingerprint density at radius 2 is 2.03 bits per heavy atom. The zero-order valence-corrected chi connectivity index (χ0v) is 17.7. The van der Waals surface area contributed by atoms with Crippen LogP contribution in [0.15, 0.2) is 35.5 Å². The van der Waals surface area contributed by atoms with Gasteiger partial charge in [-0.1, -0.05) is 38.2 Å². The van der Waals surface area contributed by atoms with Gasteiger partial charge in [-0.15, -0.1) is 0 Å². The van der Waals surface area contributed by atoms with Gasteiger partial charge in [0.15, 0.2) is 6.10 Å². The number of carbonyl (C=O) groups is 1. The first-order valence-electron chi connectivity index (χ1n) is 11.0. The van der Waals surface area contributed by atoms with Gasteiger partial charge in [-0.3, -0.25) is 0 Å². The van der Waals surface area contributed by atoms with E-state index >= 15 is 0 Å². The highest BCUT2D eigenvalue weighted by atomic mass is 16.4. The fourth-order valence-electron chi connectivity index (χ4n) is 6.30. The van der Waals surface area contributed by atoms with Gasteiger partial charge in [0, 0.05) is 6.42 Å². The van der Waals surface area contributed by atoms with Crippen LogP contribution in [0.4, 0.5) is 0 Å². The Hall–Kier alpha value is -1.43. The Morgan fingerprint density at radius 3 is 2.72 bits per heavy atom. The molecule has 3 rings (SSSR count). The highest BCUT2D eigenvalue weighted by Gasteiger charge is 2.50. The van der Waals surface area contributed by atoms with Crippen LogP contribution in [0.5, 0.6) is 0 Å². The summed E-state index contributed by atoms with van der Waals surface area (Å²) in [4.78, 5) is 11.1. The molecule has 3 saturated carbocycles. The van der Waals surface area contributed by atoms with Crippen LogP contribution >= 0.6 is 0 Å². The fourth-order valence-corrected chi connectivity index (χ4v) is 6.30. The first-order chi connectivity index (χ1) is 13.6. The number of fused-ring (bicyclic) bond motifs is 1. The third-order valence-corrected chi connectivity index (χ3v) is 7.87. The molecule has 7 atom stereocenters. The Labute approximate surface area is 173 Å². The van der Waals surface area contributed by atoms with Crippen LogP contribution < -0.4 is 0 Å². The van der Waals surface area contributed by atoms with E-state index in [1.165, 1.54) is 5.57 Å². The Balaban J connectivity index is 1.77. The largest absolute Gasteiger partial charge is 0.479 e. The SMILES string of the molecule is C=C1/C(=C\C=C2CCC[C@]3(C)[C@@H]([C@H](C)CC(O)C(=O)O)CC[C@@H]23)C[C@H](O)C[C@H]1O. The Morgan fingerprint density at radius 1 is 1.31 bits per heavy atom. The second-order valence-corrected chi connectivity index (χ2v) is 9.73. The van der Waals surface area contributed by atoms with Crippen LogP contribution in [-0.2, 0) is 4.79 Å². The van der Waals surface area contributed by atoms with Crippen molar-refractivity contribution >= 4 is 5.97 Å². The lowest BCUT2D eigenvalue weighted by Crippen LogP contribution is -2.37. The van der Waals surface area contributed by atoms with Crippen LogP contribution in [0.1, 0.15) is 65.2 Å². The van der Waals surface area contributed by atoms with E-state index in [0.717, 1.165) is 37.7 Å². The van der Waals surface area contributed by atoms with Crippen molar-refractivity contribution in [3.8, 4) is 0 Å². The number of aliphatic hydroxyl groups excluding tert-OH is 3. The molecule has 0 aromatic rings. The second kappa shape index (κ2) is 8.75. The molecule has 162 valence electrons. The molecule has 1 unspecified atom stereocenters. The van der Waals surface area contributed by atoms with Gasteiger partial charge in [0.2, 0.25) is 0 Å². The molecule has 29 heavy (non-hydrogen) atoms. The summed E-state index contributed by atoms with van der Waals surface area (Å²) in [6, 6.07) is 0. The highest BCUT2D eigenvalue weighted by molar-refractivity contribution is 5.71. The minimum absolute atomic E-state index is 0.128. The van der Waals surface area contributed by atoms with E-state index in [1.807, 2.05) is 6.08 Å². The van der Waals surface area contributed by atoms with Gasteiger partial charge in [-0.05, 0) is 79.3 Å². The van der Waals surface area contributed by atoms with Crippen LogP contribution in [0, 0.1) is 23.2 Å². The maximum absolute atomic E-state index is 11.1. The average Bonchev–Trinajstić information content (AvgIpc) is 3.00. The summed E-state index contributed by atoms with van der Waals surface area (Å²) in [6.45, 7) is 8.42. The number of hydrogen-bond donors (Lipinski definition) is 4. The predicted molar refractivity (Wildman–Crippen MR) is 112 cm³/mol. The number of carboxylic acid groups (broad SMARTS) is 1. The average molecular weight is 405 g/mol. The van der Waals surface area contributed by atoms with E-state index in [2.05, 4.69) is 26.5 Å². The van der Waals surface area contributed by atoms with Gasteiger partial charge in [-0.25, -0.2) is 4.79 Å². The van der Waals surface area contributed by atoms with Crippen molar-refractivity contribution in [3.05, 3.63) is 35.5 Å². The molecule has 3 aliphatic carbocycles. The molecule has 3 aliphatic rings. The summed E-state index contributed by atoms with van der Waals surface area (Å²) in [7, 11) is 0. The summed E-state index contributed by atoms with van der Waals surface area (Å²) < 4.78 is 0. The van der Waals surface area contributed by atoms with Crippen molar-refractivity contribution in [1.82, 2.24) is 0 Å². The smallest absolute Gasteiger partial charge is 0.332 e. The van der Waals surface area contributed by atoms with Crippen LogP contribution in [-0.4, -0.2) is 44.7 Å². The quantitative estimate of drug-likeness (QED) is 0.561. The Bertz CT molecular complexity index is 708. The Kier molecular flexibility index (Phi) is 6.71. The maximum Gasteiger partial charge on any atom is 0.332 e. The van der Waals surface area contributed by atoms with E-state index in [1.54, 1.807) is 0 Å². The molecular weight excluding hydrogens is 368 g/mol. The van der Waals surface area contributed by atoms with Crippen LogP contribution in [0.3, 0.4) is 0 Å². The lowest BCUT2D eigenvalue weighted by Gasteiger charge is -2.44. The molecule has 3 fully saturated rings. The molecule has 0 radical (unpaired) electrons. The van der Waals surface area contributed by atoms with E-state index in [9.17, 15) is 20.1 Å². The maximum atomic E-state index is 11.1. The van der Waals surface area contributed by atoms with Crippen LogP contribution in [0.25, 0.3) is 0 Å². The van der Waals surface area contributed by atoms with Crippen molar-refractivity contribution in [1.29, 1.82) is 0 Å². The molecule has 0 amide bonds. The number of allylic oxidation sites excluding steroid dienone is 3. The lowest BCUT2D eigenvalue weighted by molar-refractivity contribution is -0.147. The molecule has 0 bridgehead atoms. The number of aliphatic carboxylic acids is 1. The number of aliphatic hydroxyl groups is 3. The summed E-state index contributed by atoms with van der Waals surface area (Å²) in [5.74, 6) is -0.0953.